The quantitative estimate of drug-likeness (QED) is 0.172. The predicted molar refractivity (Wildman–Crippen MR) is 346 cm³/mol. The van der Waals surface area contributed by atoms with Crippen molar-refractivity contribution in [2.45, 2.75) is 57.8 Å². The van der Waals surface area contributed by atoms with Crippen molar-refractivity contribution in [1.29, 1.82) is 0 Å². The zero-order valence-corrected chi connectivity index (χ0v) is 47.2. The number of anilines is 3. The van der Waals surface area contributed by atoms with Crippen molar-refractivity contribution in [3.8, 4) is 50.2 Å². The number of para-hydroxylation sites is 4. The highest BCUT2D eigenvalue weighted by Gasteiger charge is 2.49. The van der Waals surface area contributed by atoms with Gasteiger partial charge in [0.15, 0.2) is 0 Å². The van der Waals surface area contributed by atoms with Gasteiger partial charge in [0, 0.05) is 82.4 Å². The normalized spacial score (nSPS) is 14.9. The molecule has 394 valence electrons. The standard InChI is InChI=1S/C79H56N2O2/c1-77(2)61-42-50(35-38-55(61)68-63(77)44-59(75-70(68)57-26-14-18-30-66(57)82-75)47-33-37-53-52-24-13-17-29-64(52)81(65(53)41-47)48-22-8-7-9-23-48)80(49-34-32-45-20-10-11-21-46(45)40-49)51-36-39-56-62(43-51)79(5,6)73-69(56)71-58-27-15-19-31-67(58)83-76(71)72-54-25-12-16-28-60(54)78(3,4)74(72)73/h7-44H,1-6H3. The molecule has 12 aromatic carbocycles. The fourth-order valence-corrected chi connectivity index (χ4v) is 15.9. The molecule has 0 amide bonds. The Labute approximate surface area is 481 Å². The van der Waals surface area contributed by atoms with Gasteiger partial charge in [-0.3, -0.25) is 0 Å². The fraction of sp³-hybridized carbons (Fsp3) is 0.114. The van der Waals surface area contributed by atoms with E-state index in [2.05, 4.69) is 282 Å². The van der Waals surface area contributed by atoms with Crippen LogP contribution in [0.2, 0.25) is 0 Å². The van der Waals surface area contributed by atoms with E-state index in [0.29, 0.717) is 0 Å². The number of fused-ring (bicyclic) bond motifs is 23. The van der Waals surface area contributed by atoms with Crippen molar-refractivity contribution in [3.05, 3.63) is 264 Å². The molecular formula is C79H56N2O2. The Bertz CT molecular complexity index is 5370. The maximum Gasteiger partial charge on any atom is 0.144 e. The lowest BCUT2D eigenvalue weighted by molar-refractivity contribution is 0.600. The number of hydrogen-bond donors (Lipinski definition) is 0. The van der Waals surface area contributed by atoms with Crippen molar-refractivity contribution >= 4 is 93.5 Å². The second kappa shape index (κ2) is 16.2. The van der Waals surface area contributed by atoms with Gasteiger partial charge < -0.3 is 18.3 Å². The zero-order valence-electron chi connectivity index (χ0n) is 47.2. The first-order chi connectivity index (χ1) is 40.4. The molecule has 83 heavy (non-hydrogen) atoms. The molecule has 0 unspecified atom stereocenters. The van der Waals surface area contributed by atoms with Crippen LogP contribution in [0.5, 0.6) is 0 Å². The Morgan fingerprint density at radius 1 is 0.337 bits per heavy atom. The van der Waals surface area contributed by atoms with E-state index in [1.165, 1.54) is 110 Å². The average molecular weight is 1070 g/mol. The summed E-state index contributed by atoms with van der Waals surface area (Å²) in [6.07, 6.45) is 0. The van der Waals surface area contributed by atoms with Crippen LogP contribution < -0.4 is 4.90 Å². The van der Waals surface area contributed by atoms with Gasteiger partial charge in [-0.25, -0.2) is 0 Å². The minimum atomic E-state index is -0.384. The minimum Gasteiger partial charge on any atom is -0.455 e. The molecule has 0 atom stereocenters. The monoisotopic (exact) mass is 1060 g/mol. The van der Waals surface area contributed by atoms with E-state index in [4.69, 9.17) is 8.83 Å². The molecule has 0 spiro atoms. The highest BCUT2D eigenvalue weighted by atomic mass is 16.3. The highest BCUT2D eigenvalue weighted by Crippen LogP contribution is 2.64. The third-order valence-corrected chi connectivity index (χ3v) is 19.7. The van der Waals surface area contributed by atoms with E-state index in [0.717, 1.165) is 67.0 Å². The topological polar surface area (TPSA) is 34.5 Å². The Kier molecular flexibility index (Phi) is 9.12. The van der Waals surface area contributed by atoms with Crippen LogP contribution in [0.1, 0.15) is 74.9 Å². The molecule has 3 heterocycles. The maximum atomic E-state index is 7.09. The molecule has 0 radical (unpaired) electrons. The first-order valence-corrected chi connectivity index (χ1v) is 29.2. The van der Waals surface area contributed by atoms with E-state index in [1.807, 2.05) is 0 Å². The average Bonchev–Trinajstić information content (AvgIpc) is 1.62. The maximum absolute atomic E-state index is 7.09. The molecular weight excluding hydrogens is 1010 g/mol. The van der Waals surface area contributed by atoms with Crippen LogP contribution in [0.15, 0.2) is 239 Å². The molecule has 0 N–H and O–H groups in total. The zero-order chi connectivity index (χ0) is 55.4. The molecule has 0 saturated heterocycles. The lowest BCUT2D eigenvalue weighted by Gasteiger charge is -2.32. The lowest BCUT2D eigenvalue weighted by atomic mass is 9.72. The fourth-order valence-electron chi connectivity index (χ4n) is 15.9. The van der Waals surface area contributed by atoms with E-state index in [-0.39, 0.29) is 16.2 Å². The molecule has 18 rings (SSSR count). The Hall–Kier alpha value is -9.90. The second-order valence-electron chi connectivity index (χ2n) is 25.1. The largest absolute Gasteiger partial charge is 0.455 e. The van der Waals surface area contributed by atoms with Crippen LogP contribution in [0, 0.1) is 0 Å². The summed E-state index contributed by atoms with van der Waals surface area (Å²) in [5, 5.41) is 9.56. The molecule has 3 aromatic heterocycles. The Morgan fingerprint density at radius 2 is 0.880 bits per heavy atom. The minimum absolute atomic E-state index is 0.246. The first-order valence-electron chi connectivity index (χ1n) is 29.2. The summed E-state index contributed by atoms with van der Waals surface area (Å²) in [7, 11) is 0. The smallest absolute Gasteiger partial charge is 0.144 e. The summed E-state index contributed by atoms with van der Waals surface area (Å²) < 4.78 is 16.5. The van der Waals surface area contributed by atoms with Gasteiger partial charge in [-0.15, -0.1) is 0 Å². The Balaban J connectivity index is 0.841. The van der Waals surface area contributed by atoms with Crippen molar-refractivity contribution < 1.29 is 8.83 Å². The summed E-state index contributed by atoms with van der Waals surface area (Å²) in [4.78, 5) is 2.51. The van der Waals surface area contributed by atoms with Crippen molar-refractivity contribution in [2.24, 2.45) is 0 Å². The van der Waals surface area contributed by atoms with Crippen molar-refractivity contribution in [2.75, 3.05) is 4.90 Å². The third-order valence-electron chi connectivity index (χ3n) is 19.7. The summed E-state index contributed by atoms with van der Waals surface area (Å²) in [6.45, 7) is 14.6. The van der Waals surface area contributed by atoms with Gasteiger partial charge in [-0.2, -0.15) is 0 Å². The van der Waals surface area contributed by atoms with Crippen LogP contribution >= 0.6 is 0 Å². The van der Waals surface area contributed by atoms with E-state index >= 15 is 0 Å². The number of aromatic nitrogens is 1. The molecule has 15 aromatic rings. The molecule has 3 aliphatic rings. The summed E-state index contributed by atoms with van der Waals surface area (Å²) in [6, 6.07) is 85.4. The SMILES string of the molecule is CC1(C)c2cc(N(c3ccc4c(c3)C(C)(C)c3c5c(c6oc7ccccc7c6c3-4)-c3ccccc3C5(C)C)c3ccc4ccccc4c3)ccc2-c2c1cc(-c1ccc3c4ccccc4n(-c4ccccc4)c3c1)c1oc3ccccc3c21. The van der Waals surface area contributed by atoms with Crippen molar-refractivity contribution in [1.82, 2.24) is 4.57 Å². The number of hydrogen-bond acceptors (Lipinski definition) is 3. The number of furan rings is 2. The van der Waals surface area contributed by atoms with Crippen LogP contribution in [-0.4, -0.2) is 4.57 Å². The van der Waals surface area contributed by atoms with Gasteiger partial charge >= 0.3 is 0 Å². The van der Waals surface area contributed by atoms with Crippen LogP contribution in [0.25, 0.3) is 127 Å². The van der Waals surface area contributed by atoms with Gasteiger partial charge in [0.25, 0.3) is 0 Å². The Morgan fingerprint density at radius 3 is 1.64 bits per heavy atom. The number of benzene rings is 12. The van der Waals surface area contributed by atoms with Gasteiger partial charge in [0.1, 0.15) is 22.3 Å². The molecule has 0 bridgehead atoms. The van der Waals surface area contributed by atoms with E-state index < -0.39 is 0 Å². The molecule has 3 aliphatic carbocycles. The molecule has 4 nitrogen and oxygen atoms in total. The summed E-state index contributed by atoms with van der Waals surface area (Å²) >= 11 is 0. The highest BCUT2D eigenvalue weighted by molar-refractivity contribution is 6.22. The van der Waals surface area contributed by atoms with Crippen LogP contribution in [-0.2, 0) is 16.2 Å². The van der Waals surface area contributed by atoms with Gasteiger partial charge in [-0.05, 0) is 156 Å². The summed E-state index contributed by atoms with van der Waals surface area (Å²) in [5.41, 5.74) is 27.5. The third kappa shape index (κ3) is 6.10. The van der Waals surface area contributed by atoms with Gasteiger partial charge in [0.2, 0.25) is 0 Å². The molecule has 4 heteroatoms. The van der Waals surface area contributed by atoms with Crippen molar-refractivity contribution in [3.63, 3.8) is 0 Å². The van der Waals surface area contributed by atoms with Crippen LogP contribution in [0.3, 0.4) is 0 Å². The number of rotatable bonds is 5. The van der Waals surface area contributed by atoms with E-state index in [1.54, 1.807) is 0 Å². The number of nitrogens with zero attached hydrogens (tertiary/aromatic N) is 2. The molecule has 0 fully saturated rings. The lowest BCUT2D eigenvalue weighted by Crippen LogP contribution is -2.24. The van der Waals surface area contributed by atoms with Gasteiger partial charge in [0.05, 0.1) is 11.0 Å². The molecule has 0 aliphatic heterocycles. The summed E-state index contributed by atoms with van der Waals surface area (Å²) in [5.74, 6) is 0. The second-order valence-corrected chi connectivity index (χ2v) is 25.1. The van der Waals surface area contributed by atoms with E-state index in [9.17, 15) is 0 Å². The predicted octanol–water partition coefficient (Wildman–Crippen LogP) is 21.8. The first kappa shape index (κ1) is 46.8. The van der Waals surface area contributed by atoms with Gasteiger partial charge in [-0.1, -0.05) is 193 Å². The molecule has 0 saturated carbocycles. The van der Waals surface area contributed by atoms with Crippen LogP contribution in [0.4, 0.5) is 17.1 Å².